The lowest BCUT2D eigenvalue weighted by molar-refractivity contribution is -0.129. The lowest BCUT2D eigenvalue weighted by Crippen LogP contribution is -2.59. The Morgan fingerprint density at radius 1 is 1.19 bits per heavy atom. The summed E-state index contributed by atoms with van der Waals surface area (Å²) in [5.74, 6) is 0.855. The number of ether oxygens (including phenoxy) is 3. The highest BCUT2D eigenvalue weighted by molar-refractivity contribution is 5.75. The van der Waals surface area contributed by atoms with Gasteiger partial charge < -0.3 is 19.9 Å². The van der Waals surface area contributed by atoms with Gasteiger partial charge in [0.05, 0.1) is 19.1 Å². The lowest BCUT2D eigenvalue weighted by atomic mass is 9.66. The van der Waals surface area contributed by atoms with Crippen LogP contribution in [0.4, 0.5) is 0 Å². The Morgan fingerprint density at radius 2 is 2.04 bits per heavy atom. The van der Waals surface area contributed by atoms with E-state index in [0.29, 0.717) is 19.8 Å². The summed E-state index contributed by atoms with van der Waals surface area (Å²) in [4.78, 5) is 13.0. The molecule has 1 spiro atoms. The highest BCUT2D eigenvalue weighted by atomic mass is 16.5. The van der Waals surface area contributed by atoms with Crippen molar-refractivity contribution in [3.63, 3.8) is 0 Å². The predicted molar refractivity (Wildman–Crippen MR) is 94.7 cm³/mol. The summed E-state index contributed by atoms with van der Waals surface area (Å²) < 4.78 is 17.9. The van der Waals surface area contributed by atoms with Gasteiger partial charge in [0.2, 0.25) is 0 Å². The minimum absolute atomic E-state index is 0.0274. The van der Waals surface area contributed by atoms with Crippen molar-refractivity contribution < 1.29 is 14.2 Å². The summed E-state index contributed by atoms with van der Waals surface area (Å²) in [5.41, 5.74) is 7.90. The average molecular weight is 352 g/mol. The molecule has 0 amide bonds. The van der Waals surface area contributed by atoms with Gasteiger partial charge in [-0.05, 0) is 24.6 Å². The van der Waals surface area contributed by atoms with Crippen LogP contribution >= 0.6 is 0 Å². The molecule has 0 radical (unpaired) electrons. The van der Waals surface area contributed by atoms with E-state index in [2.05, 4.69) is 23.0 Å². The molecule has 0 saturated carbocycles. The first-order valence-electron chi connectivity index (χ1n) is 8.76. The summed E-state index contributed by atoms with van der Waals surface area (Å²) in [7, 11) is 0. The van der Waals surface area contributed by atoms with E-state index in [1.807, 2.05) is 12.1 Å². The third-order valence-electron chi connectivity index (χ3n) is 5.77. The molecule has 134 valence electrons. The second-order valence-electron chi connectivity index (χ2n) is 7.29. The third-order valence-corrected chi connectivity index (χ3v) is 5.77. The maximum Gasteiger partial charge on any atom is 0.283 e. The normalized spacial score (nSPS) is 32.2. The topological polar surface area (TPSA) is 91.9 Å². The van der Waals surface area contributed by atoms with Crippen molar-refractivity contribution >= 4 is 6.02 Å². The summed E-state index contributed by atoms with van der Waals surface area (Å²) in [6.07, 6.45) is 5.92. The van der Waals surface area contributed by atoms with Crippen LogP contribution in [-0.4, -0.2) is 41.4 Å². The molecule has 0 aliphatic carbocycles. The molecular weight excluding hydrogens is 332 g/mol. The number of rotatable bonds is 1. The van der Waals surface area contributed by atoms with E-state index >= 15 is 0 Å². The molecule has 2 aromatic rings. The van der Waals surface area contributed by atoms with Gasteiger partial charge in [-0.2, -0.15) is 0 Å². The lowest BCUT2D eigenvalue weighted by Gasteiger charge is -2.52. The largest absolute Gasteiger partial charge is 0.487 e. The Hall–Kier alpha value is -2.67. The summed E-state index contributed by atoms with van der Waals surface area (Å²) >= 11 is 0. The minimum atomic E-state index is -0.599. The Balaban J connectivity index is 1.71. The number of hydrogen-bond acceptors (Lipinski definition) is 7. The van der Waals surface area contributed by atoms with Gasteiger partial charge in [-0.3, -0.25) is 0 Å². The molecular formula is C19H20N4O3. The molecule has 0 bridgehead atoms. The van der Waals surface area contributed by atoms with Crippen LogP contribution in [0.1, 0.15) is 18.9 Å². The highest BCUT2D eigenvalue weighted by Crippen LogP contribution is 2.54. The zero-order valence-corrected chi connectivity index (χ0v) is 14.5. The summed E-state index contributed by atoms with van der Waals surface area (Å²) in [5, 5.41) is 0. The Morgan fingerprint density at radius 3 is 2.81 bits per heavy atom. The van der Waals surface area contributed by atoms with Gasteiger partial charge in [-0.15, -0.1) is 0 Å². The maximum absolute atomic E-state index is 6.46. The molecule has 7 heteroatoms. The highest BCUT2D eigenvalue weighted by Gasteiger charge is 2.59. The van der Waals surface area contributed by atoms with Gasteiger partial charge in [-0.1, -0.05) is 6.07 Å². The first-order chi connectivity index (χ1) is 12.6. The molecule has 2 N–H and O–H groups in total. The fraction of sp³-hybridized carbons (Fsp3) is 0.421. The van der Waals surface area contributed by atoms with Crippen molar-refractivity contribution in [1.82, 2.24) is 9.97 Å². The molecule has 1 aromatic carbocycles. The van der Waals surface area contributed by atoms with Gasteiger partial charge >= 0.3 is 0 Å². The Labute approximate surface area is 151 Å². The molecule has 3 atom stereocenters. The van der Waals surface area contributed by atoms with Gasteiger partial charge in [0.25, 0.3) is 6.02 Å². The average Bonchev–Trinajstić information content (AvgIpc) is 3.04. The number of benzene rings is 1. The third kappa shape index (κ3) is 2.13. The summed E-state index contributed by atoms with van der Waals surface area (Å²) in [6.45, 7) is 3.77. The van der Waals surface area contributed by atoms with E-state index in [9.17, 15) is 0 Å². The standard InChI is InChI=1S/C19H20N4O3/c1-18-4-5-24-9-16(18)19(10-25-17(20)23-19)14-6-12(2-3-15(14)26-18)13-7-21-11-22-8-13/h2-3,6-8,11,16H,4-5,9-10H2,1H3,(H2,20,23)/t16-,18-,19-/m0/s1. The number of nitrogens with zero attached hydrogens (tertiary/aromatic N) is 3. The van der Waals surface area contributed by atoms with Gasteiger partial charge in [0, 0.05) is 29.9 Å². The SMILES string of the molecule is C[C@]12CCOC[C@@H]1[C@]1(COC(N)=N1)c1cc(-c3cncnc3)ccc1O2. The number of nitrogens with two attached hydrogens (primary N) is 1. The first-order valence-corrected chi connectivity index (χ1v) is 8.76. The molecule has 1 fully saturated rings. The smallest absolute Gasteiger partial charge is 0.283 e. The fourth-order valence-electron chi connectivity index (χ4n) is 4.38. The van der Waals surface area contributed by atoms with E-state index in [1.54, 1.807) is 12.4 Å². The molecule has 1 saturated heterocycles. The van der Waals surface area contributed by atoms with Crippen LogP contribution in [0, 0.1) is 5.92 Å². The van der Waals surface area contributed by atoms with Crippen LogP contribution in [0.25, 0.3) is 11.1 Å². The van der Waals surface area contributed by atoms with Crippen LogP contribution in [0.5, 0.6) is 5.75 Å². The minimum Gasteiger partial charge on any atom is -0.487 e. The molecule has 26 heavy (non-hydrogen) atoms. The van der Waals surface area contributed by atoms with E-state index in [-0.39, 0.29) is 17.5 Å². The quantitative estimate of drug-likeness (QED) is 0.842. The van der Waals surface area contributed by atoms with E-state index < -0.39 is 5.54 Å². The second kappa shape index (κ2) is 5.41. The van der Waals surface area contributed by atoms with Crippen LogP contribution in [-0.2, 0) is 15.0 Å². The van der Waals surface area contributed by atoms with Crippen LogP contribution in [0.15, 0.2) is 41.9 Å². The van der Waals surface area contributed by atoms with Crippen molar-refractivity contribution in [2.45, 2.75) is 24.5 Å². The van der Waals surface area contributed by atoms with Crippen molar-refractivity contribution in [3.05, 3.63) is 42.5 Å². The van der Waals surface area contributed by atoms with E-state index in [1.165, 1.54) is 6.33 Å². The van der Waals surface area contributed by atoms with Crippen LogP contribution in [0.2, 0.25) is 0 Å². The van der Waals surface area contributed by atoms with Crippen molar-refractivity contribution in [1.29, 1.82) is 0 Å². The number of aromatic nitrogens is 2. The number of aliphatic imine (C=N–C) groups is 1. The number of amidine groups is 1. The van der Waals surface area contributed by atoms with Crippen LogP contribution in [0.3, 0.4) is 0 Å². The van der Waals surface area contributed by atoms with Crippen molar-refractivity contribution in [2.75, 3.05) is 19.8 Å². The van der Waals surface area contributed by atoms with Crippen LogP contribution < -0.4 is 10.5 Å². The molecule has 3 aliphatic rings. The van der Waals surface area contributed by atoms with Gasteiger partial charge in [-0.25, -0.2) is 15.0 Å². The molecule has 3 aliphatic heterocycles. The zero-order valence-electron chi connectivity index (χ0n) is 14.5. The van der Waals surface area contributed by atoms with Gasteiger partial charge in [0.1, 0.15) is 29.8 Å². The molecule has 1 aromatic heterocycles. The zero-order chi connectivity index (χ0) is 17.8. The van der Waals surface area contributed by atoms with Crippen molar-refractivity contribution in [2.24, 2.45) is 16.6 Å². The molecule has 5 rings (SSSR count). The first kappa shape index (κ1) is 15.6. The number of hydrogen-bond donors (Lipinski definition) is 1. The fourth-order valence-corrected chi connectivity index (χ4v) is 4.38. The van der Waals surface area contributed by atoms with E-state index in [0.717, 1.165) is 28.9 Å². The predicted octanol–water partition coefficient (Wildman–Crippen LogP) is 1.87. The molecule has 0 unspecified atom stereocenters. The Bertz CT molecular complexity index is 888. The second-order valence-corrected chi connectivity index (χ2v) is 7.29. The summed E-state index contributed by atoms with van der Waals surface area (Å²) in [6, 6.07) is 6.34. The molecule has 4 heterocycles. The van der Waals surface area contributed by atoms with E-state index in [4.69, 9.17) is 24.9 Å². The maximum atomic E-state index is 6.46. The number of fused-ring (bicyclic) bond motifs is 4. The van der Waals surface area contributed by atoms with Gasteiger partial charge in [0.15, 0.2) is 0 Å². The Kier molecular flexibility index (Phi) is 3.24. The van der Waals surface area contributed by atoms with Crippen molar-refractivity contribution in [3.8, 4) is 16.9 Å². The molecule has 7 nitrogen and oxygen atoms in total. The monoisotopic (exact) mass is 352 g/mol.